The van der Waals surface area contributed by atoms with Gasteiger partial charge in [-0.1, -0.05) is 25.1 Å². The highest BCUT2D eigenvalue weighted by molar-refractivity contribution is 7.16. The molecule has 3 aromatic heterocycles. The number of pyridine rings is 1. The largest absolute Gasteiger partial charge is 0.459 e. The van der Waals surface area contributed by atoms with Crippen molar-refractivity contribution in [2.75, 3.05) is 10.6 Å². The molecular weight excluding hydrogens is 413 g/mol. The smallest absolute Gasteiger partial charge is 0.291 e. The highest BCUT2D eigenvalue weighted by atomic mass is 32.1. The van der Waals surface area contributed by atoms with Gasteiger partial charge in [-0.25, -0.2) is 9.37 Å². The van der Waals surface area contributed by atoms with Crippen molar-refractivity contribution in [2.45, 2.75) is 26.3 Å². The summed E-state index contributed by atoms with van der Waals surface area (Å²) in [4.78, 5) is 18.3. The van der Waals surface area contributed by atoms with Crippen molar-refractivity contribution < 1.29 is 13.6 Å². The average Bonchev–Trinajstić information content (AvgIpc) is 3.42. The van der Waals surface area contributed by atoms with E-state index in [1.165, 1.54) is 29.7 Å². The minimum Gasteiger partial charge on any atom is -0.459 e. The summed E-state index contributed by atoms with van der Waals surface area (Å²) in [5.74, 6) is 0.242. The lowest BCUT2D eigenvalue weighted by atomic mass is 9.99. The van der Waals surface area contributed by atoms with E-state index in [-0.39, 0.29) is 17.5 Å². The number of halogens is 1. The molecule has 5 nitrogen and oxygen atoms in total. The number of carbonyl (C=O) groups excluding carboxylic acids is 1. The van der Waals surface area contributed by atoms with Crippen molar-refractivity contribution >= 4 is 28.1 Å². The molecular formula is C24H22FN3O2S. The number of rotatable bonds is 7. The second kappa shape index (κ2) is 9.14. The Bertz CT molecular complexity index is 1190. The zero-order chi connectivity index (χ0) is 21.8. The van der Waals surface area contributed by atoms with E-state index in [0.717, 1.165) is 28.1 Å². The lowest BCUT2D eigenvalue weighted by molar-refractivity contribution is 0.0997. The summed E-state index contributed by atoms with van der Waals surface area (Å²) in [6, 6.07) is 17.1. The fourth-order valence-corrected chi connectivity index (χ4v) is 4.35. The molecule has 31 heavy (non-hydrogen) atoms. The van der Waals surface area contributed by atoms with E-state index in [4.69, 9.17) is 4.42 Å². The van der Waals surface area contributed by atoms with Crippen LogP contribution >= 0.6 is 11.3 Å². The van der Waals surface area contributed by atoms with Crippen molar-refractivity contribution in [1.29, 1.82) is 0 Å². The number of benzene rings is 1. The number of aromatic nitrogens is 1. The van der Waals surface area contributed by atoms with E-state index in [0.29, 0.717) is 10.8 Å². The number of carbonyl (C=O) groups is 1. The maximum atomic E-state index is 14.1. The van der Waals surface area contributed by atoms with Gasteiger partial charge in [0.15, 0.2) is 5.76 Å². The molecule has 158 valence electrons. The van der Waals surface area contributed by atoms with Crippen molar-refractivity contribution in [3.8, 4) is 0 Å². The van der Waals surface area contributed by atoms with Gasteiger partial charge in [0.1, 0.15) is 16.6 Å². The number of furan rings is 1. The second-order valence-electron chi connectivity index (χ2n) is 7.08. The summed E-state index contributed by atoms with van der Waals surface area (Å²) in [6.45, 7) is 3.97. The van der Waals surface area contributed by atoms with E-state index < -0.39 is 6.04 Å². The van der Waals surface area contributed by atoms with Crippen LogP contribution in [0.5, 0.6) is 0 Å². The molecule has 3 heterocycles. The molecule has 4 aromatic rings. The van der Waals surface area contributed by atoms with Gasteiger partial charge >= 0.3 is 0 Å². The number of amides is 1. The molecule has 0 aliphatic carbocycles. The fraction of sp³-hybridized carbons (Fsp3) is 0.167. The maximum absolute atomic E-state index is 14.1. The van der Waals surface area contributed by atoms with Gasteiger partial charge in [0.2, 0.25) is 0 Å². The van der Waals surface area contributed by atoms with E-state index in [2.05, 4.69) is 22.5 Å². The molecule has 1 aromatic carbocycles. The van der Waals surface area contributed by atoms with Gasteiger partial charge in [0, 0.05) is 16.1 Å². The first-order valence-electron chi connectivity index (χ1n) is 9.96. The van der Waals surface area contributed by atoms with Crippen LogP contribution in [0.3, 0.4) is 0 Å². The molecule has 1 unspecified atom stereocenters. The van der Waals surface area contributed by atoms with Crippen molar-refractivity contribution in [3.05, 3.63) is 100 Å². The van der Waals surface area contributed by atoms with Gasteiger partial charge in [-0.2, -0.15) is 0 Å². The first kappa shape index (κ1) is 20.8. The molecule has 1 atom stereocenters. The fourth-order valence-electron chi connectivity index (χ4n) is 3.32. The highest BCUT2D eigenvalue weighted by Gasteiger charge is 2.23. The zero-order valence-electron chi connectivity index (χ0n) is 17.2. The minimum absolute atomic E-state index is 0.230. The summed E-state index contributed by atoms with van der Waals surface area (Å²) < 4.78 is 19.3. The molecule has 0 radical (unpaired) electrons. The molecule has 2 N–H and O–H groups in total. The second-order valence-corrected chi connectivity index (χ2v) is 8.22. The van der Waals surface area contributed by atoms with Crippen LogP contribution in [-0.4, -0.2) is 10.9 Å². The molecule has 4 rings (SSSR count). The summed E-state index contributed by atoms with van der Waals surface area (Å²) in [5, 5.41) is 7.07. The van der Waals surface area contributed by atoms with Gasteiger partial charge in [-0.3, -0.25) is 4.79 Å². The Kier molecular flexibility index (Phi) is 6.13. The number of aryl methyl sites for hydroxylation is 2. The number of nitrogens with one attached hydrogen (secondary N) is 2. The van der Waals surface area contributed by atoms with Crippen LogP contribution in [0.15, 0.2) is 71.3 Å². The third-order valence-electron chi connectivity index (χ3n) is 4.81. The predicted octanol–water partition coefficient (Wildman–Crippen LogP) is 6.20. The summed E-state index contributed by atoms with van der Waals surface area (Å²) in [5.41, 5.74) is 2.45. The van der Waals surface area contributed by atoms with Gasteiger partial charge in [-0.15, -0.1) is 11.3 Å². The number of hydrogen-bond acceptors (Lipinski definition) is 5. The number of nitrogens with zero attached hydrogens (tertiary/aromatic N) is 1. The lowest BCUT2D eigenvalue weighted by Gasteiger charge is -2.21. The first-order chi connectivity index (χ1) is 15.0. The molecule has 0 aliphatic heterocycles. The van der Waals surface area contributed by atoms with E-state index in [9.17, 15) is 9.18 Å². The van der Waals surface area contributed by atoms with Gasteiger partial charge in [0.25, 0.3) is 5.91 Å². The Balaban J connectivity index is 1.76. The molecule has 0 saturated heterocycles. The quantitative estimate of drug-likeness (QED) is 0.363. The topological polar surface area (TPSA) is 67.2 Å². The van der Waals surface area contributed by atoms with Crippen LogP contribution in [0.25, 0.3) is 0 Å². The predicted molar refractivity (Wildman–Crippen MR) is 121 cm³/mol. The highest BCUT2D eigenvalue weighted by Crippen LogP contribution is 2.38. The molecule has 0 bridgehead atoms. The third kappa shape index (κ3) is 4.83. The molecule has 0 saturated carbocycles. The van der Waals surface area contributed by atoms with Crippen LogP contribution in [0.4, 0.5) is 15.2 Å². The first-order valence-corrected chi connectivity index (χ1v) is 10.8. The van der Waals surface area contributed by atoms with Crippen LogP contribution in [0, 0.1) is 12.7 Å². The van der Waals surface area contributed by atoms with Gasteiger partial charge < -0.3 is 15.1 Å². The van der Waals surface area contributed by atoms with Crippen LogP contribution in [0.2, 0.25) is 0 Å². The SMILES string of the molecule is CCc1cc(C(Nc2cccc(C)n2)c2cccc(F)c2)c(NC(=O)c2ccco2)s1. The number of thiophene rings is 1. The molecule has 0 fully saturated rings. The van der Waals surface area contributed by atoms with Crippen LogP contribution in [0.1, 0.15) is 45.2 Å². The van der Waals surface area contributed by atoms with Gasteiger partial charge in [0.05, 0.1) is 12.3 Å². The Morgan fingerprint density at radius 3 is 2.71 bits per heavy atom. The number of hydrogen-bond donors (Lipinski definition) is 2. The Morgan fingerprint density at radius 1 is 1.16 bits per heavy atom. The normalized spacial score (nSPS) is 11.8. The summed E-state index contributed by atoms with van der Waals surface area (Å²) in [6.07, 6.45) is 2.27. The molecule has 7 heteroatoms. The van der Waals surface area contributed by atoms with Crippen molar-refractivity contribution in [3.63, 3.8) is 0 Å². The lowest BCUT2D eigenvalue weighted by Crippen LogP contribution is -2.17. The molecule has 1 amide bonds. The Morgan fingerprint density at radius 2 is 2.00 bits per heavy atom. The monoisotopic (exact) mass is 435 g/mol. The van der Waals surface area contributed by atoms with Crippen LogP contribution < -0.4 is 10.6 Å². The Hall–Kier alpha value is -3.45. The van der Waals surface area contributed by atoms with Crippen LogP contribution in [-0.2, 0) is 6.42 Å². The number of anilines is 2. The van der Waals surface area contributed by atoms with E-state index >= 15 is 0 Å². The van der Waals surface area contributed by atoms with E-state index in [1.807, 2.05) is 37.3 Å². The Labute approximate surface area is 184 Å². The third-order valence-corrected chi connectivity index (χ3v) is 6.02. The summed E-state index contributed by atoms with van der Waals surface area (Å²) >= 11 is 1.50. The van der Waals surface area contributed by atoms with E-state index in [1.54, 1.807) is 18.2 Å². The average molecular weight is 436 g/mol. The van der Waals surface area contributed by atoms with Crippen molar-refractivity contribution in [1.82, 2.24) is 4.98 Å². The molecule has 0 aliphatic rings. The standard InChI is InChI=1S/C24H22FN3O2S/c1-3-18-14-19(24(31-18)28-23(29)20-10-6-12-30-20)22(16-8-5-9-17(25)13-16)27-21-11-4-7-15(2)26-21/h4-14,22H,3H2,1-2H3,(H,26,27)(H,28,29). The van der Waals surface area contributed by atoms with Gasteiger partial charge in [-0.05, 0) is 61.4 Å². The summed E-state index contributed by atoms with van der Waals surface area (Å²) in [7, 11) is 0. The minimum atomic E-state index is -0.409. The zero-order valence-corrected chi connectivity index (χ0v) is 18.0. The van der Waals surface area contributed by atoms with Crippen molar-refractivity contribution in [2.24, 2.45) is 0 Å². The molecule has 0 spiro atoms. The maximum Gasteiger partial charge on any atom is 0.291 e.